The van der Waals surface area contributed by atoms with Crippen molar-refractivity contribution in [3.05, 3.63) is 79.5 Å². The first-order valence-electron chi connectivity index (χ1n) is 12.6. The highest BCUT2D eigenvalue weighted by atomic mass is 19.4. The fraction of sp³-hybridized carbons (Fsp3) is 0.185. The minimum absolute atomic E-state index is 0.532. The standard InChI is InChI=1S/C25H23N9O.C2HF3O2/c1-3-19(4-2-18(1)20-15-28-29-16-20)23-9-10-26-24(31-23)30-21-5-7-22(8-6-21)34-17-27-25(32-34)33-11-13-35-14-12-33;3-2(4,5)1(6)7/h1-10,15-17H,11-14H2,(H,28,29)(H,26,30,31);(H,6,7). The molecule has 1 fully saturated rings. The molecule has 0 bridgehead atoms. The Bertz CT molecular complexity index is 1600. The Hall–Kier alpha value is -5.31. The third kappa shape index (κ3) is 7.06. The number of hydrogen-bond donors (Lipinski definition) is 3. The number of aromatic amines is 1. The lowest BCUT2D eigenvalue weighted by Gasteiger charge is -2.25. The number of aromatic nitrogens is 7. The van der Waals surface area contributed by atoms with Gasteiger partial charge in [-0.2, -0.15) is 23.3 Å². The van der Waals surface area contributed by atoms with Gasteiger partial charge in [0.05, 0.1) is 30.8 Å². The summed E-state index contributed by atoms with van der Waals surface area (Å²) in [5.74, 6) is -1.50. The van der Waals surface area contributed by atoms with Crippen molar-refractivity contribution in [1.29, 1.82) is 0 Å². The number of anilines is 3. The fourth-order valence-corrected chi connectivity index (χ4v) is 3.94. The predicted molar refractivity (Wildman–Crippen MR) is 146 cm³/mol. The molecule has 1 aliphatic heterocycles. The SMILES string of the molecule is O=C(O)C(F)(F)F.c1cc(-c2ccc(-c3cn[nH]c3)cc2)nc(Nc2ccc(-n3cnc(N4CCOCC4)n3)cc2)n1. The van der Waals surface area contributed by atoms with Crippen LogP contribution in [-0.2, 0) is 9.53 Å². The Kier molecular flexibility index (Phi) is 8.38. The van der Waals surface area contributed by atoms with Crippen LogP contribution in [0.15, 0.2) is 79.5 Å². The summed E-state index contributed by atoms with van der Waals surface area (Å²) in [6.45, 7) is 3.02. The van der Waals surface area contributed by atoms with Gasteiger partial charge < -0.3 is 20.1 Å². The maximum absolute atomic E-state index is 10.6. The molecule has 6 rings (SSSR count). The number of hydrogen-bond acceptors (Lipinski definition) is 9. The van der Waals surface area contributed by atoms with E-state index in [1.54, 1.807) is 23.4 Å². The van der Waals surface area contributed by atoms with Crippen LogP contribution in [0.25, 0.3) is 28.1 Å². The molecule has 0 unspecified atom stereocenters. The number of benzene rings is 2. The highest BCUT2D eigenvalue weighted by Gasteiger charge is 2.38. The lowest BCUT2D eigenvalue weighted by atomic mass is 10.1. The lowest BCUT2D eigenvalue weighted by molar-refractivity contribution is -0.192. The maximum Gasteiger partial charge on any atom is 0.490 e. The van der Waals surface area contributed by atoms with Crippen LogP contribution < -0.4 is 10.2 Å². The van der Waals surface area contributed by atoms with Crippen LogP contribution in [-0.4, -0.2) is 78.5 Å². The summed E-state index contributed by atoms with van der Waals surface area (Å²) in [6.07, 6.45) is 2.08. The van der Waals surface area contributed by atoms with Crippen molar-refractivity contribution in [2.45, 2.75) is 6.18 Å². The molecular formula is C27H24F3N9O3. The summed E-state index contributed by atoms with van der Waals surface area (Å²) in [4.78, 5) is 24.5. The second kappa shape index (κ2) is 12.5. The molecule has 2 aromatic carbocycles. The molecule has 0 spiro atoms. The van der Waals surface area contributed by atoms with Gasteiger partial charge in [0.2, 0.25) is 11.9 Å². The Morgan fingerprint density at radius 3 is 2.29 bits per heavy atom. The zero-order chi connectivity index (χ0) is 29.5. The van der Waals surface area contributed by atoms with Crippen LogP contribution in [0.5, 0.6) is 0 Å². The molecule has 3 N–H and O–H groups in total. The second-order valence-electron chi connectivity index (χ2n) is 8.89. The van der Waals surface area contributed by atoms with Crippen LogP contribution in [0.3, 0.4) is 0 Å². The van der Waals surface area contributed by atoms with E-state index in [0.717, 1.165) is 52.8 Å². The van der Waals surface area contributed by atoms with Crippen LogP contribution in [0, 0.1) is 0 Å². The molecule has 12 nitrogen and oxygen atoms in total. The lowest BCUT2D eigenvalue weighted by Crippen LogP contribution is -2.37. The molecule has 0 aliphatic carbocycles. The summed E-state index contributed by atoms with van der Waals surface area (Å²) < 4.78 is 38.9. The van der Waals surface area contributed by atoms with E-state index in [9.17, 15) is 13.2 Å². The third-order valence-electron chi connectivity index (χ3n) is 6.07. The molecule has 1 aliphatic rings. The Morgan fingerprint density at radius 1 is 0.952 bits per heavy atom. The summed E-state index contributed by atoms with van der Waals surface area (Å²) in [5, 5.41) is 21.9. The molecule has 5 aromatic rings. The molecule has 216 valence electrons. The minimum Gasteiger partial charge on any atom is -0.475 e. The summed E-state index contributed by atoms with van der Waals surface area (Å²) in [6, 6.07) is 18.0. The number of carbonyl (C=O) groups is 1. The Morgan fingerprint density at radius 2 is 1.64 bits per heavy atom. The number of H-pyrrole nitrogens is 1. The fourth-order valence-electron chi connectivity index (χ4n) is 3.94. The normalized spacial score (nSPS) is 13.3. The van der Waals surface area contributed by atoms with E-state index in [-0.39, 0.29) is 0 Å². The van der Waals surface area contributed by atoms with E-state index in [1.165, 1.54) is 0 Å². The maximum atomic E-state index is 10.6. The number of nitrogens with one attached hydrogen (secondary N) is 2. The first-order valence-corrected chi connectivity index (χ1v) is 12.6. The summed E-state index contributed by atoms with van der Waals surface area (Å²) in [7, 11) is 0. The number of halogens is 3. The molecule has 3 aromatic heterocycles. The van der Waals surface area contributed by atoms with E-state index in [0.29, 0.717) is 19.2 Å². The summed E-state index contributed by atoms with van der Waals surface area (Å²) >= 11 is 0. The van der Waals surface area contributed by atoms with Gasteiger partial charge >= 0.3 is 12.1 Å². The first-order chi connectivity index (χ1) is 20.3. The second-order valence-corrected chi connectivity index (χ2v) is 8.89. The number of carboxylic acids is 1. The monoisotopic (exact) mass is 579 g/mol. The van der Waals surface area contributed by atoms with Gasteiger partial charge in [-0.1, -0.05) is 24.3 Å². The Labute approximate surface area is 236 Å². The van der Waals surface area contributed by atoms with Crippen molar-refractivity contribution in [1.82, 2.24) is 34.9 Å². The average molecular weight is 580 g/mol. The van der Waals surface area contributed by atoms with Gasteiger partial charge in [-0.05, 0) is 35.9 Å². The summed E-state index contributed by atoms with van der Waals surface area (Å²) in [5.41, 5.74) is 5.81. The predicted octanol–water partition coefficient (Wildman–Crippen LogP) is 4.33. The largest absolute Gasteiger partial charge is 0.490 e. The van der Waals surface area contributed by atoms with Crippen LogP contribution >= 0.6 is 0 Å². The van der Waals surface area contributed by atoms with Crippen molar-refractivity contribution in [2.24, 2.45) is 0 Å². The van der Waals surface area contributed by atoms with E-state index in [4.69, 9.17) is 14.6 Å². The average Bonchev–Trinajstić information content (AvgIpc) is 3.72. The minimum atomic E-state index is -5.08. The molecule has 1 saturated heterocycles. The van der Waals surface area contributed by atoms with Crippen molar-refractivity contribution < 1.29 is 27.8 Å². The van der Waals surface area contributed by atoms with E-state index >= 15 is 0 Å². The number of morpholine rings is 1. The molecule has 0 saturated carbocycles. The van der Waals surface area contributed by atoms with Crippen LogP contribution in [0.1, 0.15) is 0 Å². The van der Waals surface area contributed by atoms with Crippen LogP contribution in [0.4, 0.5) is 30.8 Å². The van der Waals surface area contributed by atoms with Gasteiger partial charge in [0.25, 0.3) is 0 Å². The van der Waals surface area contributed by atoms with Crippen molar-refractivity contribution in [3.8, 4) is 28.1 Å². The molecule has 0 amide bonds. The number of aliphatic carboxylic acids is 1. The molecular weight excluding hydrogens is 555 g/mol. The van der Waals surface area contributed by atoms with E-state index < -0.39 is 12.1 Å². The van der Waals surface area contributed by atoms with Gasteiger partial charge in [0.15, 0.2) is 0 Å². The number of rotatable bonds is 6. The van der Waals surface area contributed by atoms with Crippen molar-refractivity contribution >= 4 is 23.6 Å². The smallest absolute Gasteiger partial charge is 0.475 e. The Balaban J connectivity index is 0.000000451. The van der Waals surface area contributed by atoms with Gasteiger partial charge in [-0.3, -0.25) is 5.10 Å². The van der Waals surface area contributed by atoms with Crippen LogP contribution in [0.2, 0.25) is 0 Å². The number of ether oxygens (including phenoxy) is 1. The number of alkyl halides is 3. The zero-order valence-corrected chi connectivity index (χ0v) is 21.9. The zero-order valence-electron chi connectivity index (χ0n) is 21.9. The molecule has 0 atom stereocenters. The van der Waals surface area contributed by atoms with Gasteiger partial charge in [0.1, 0.15) is 6.33 Å². The molecule has 42 heavy (non-hydrogen) atoms. The van der Waals surface area contributed by atoms with E-state index in [1.807, 2.05) is 48.7 Å². The van der Waals surface area contributed by atoms with Crippen molar-refractivity contribution in [2.75, 3.05) is 36.5 Å². The van der Waals surface area contributed by atoms with Crippen molar-refractivity contribution in [3.63, 3.8) is 0 Å². The molecule has 4 heterocycles. The first kappa shape index (κ1) is 28.2. The molecule has 0 radical (unpaired) electrons. The number of nitrogens with zero attached hydrogens (tertiary/aromatic N) is 7. The quantitative estimate of drug-likeness (QED) is 0.266. The van der Waals surface area contributed by atoms with Gasteiger partial charge in [-0.15, -0.1) is 5.10 Å². The third-order valence-corrected chi connectivity index (χ3v) is 6.07. The molecule has 15 heteroatoms. The van der Waals surface area contributed by atoms with Gasteiger partial charge in [-0.25, -0.2) is 19.4 Å². The van der Waals surface area contributed by atoms with E-state index in [2.05, 4.69) is 52.6 Å². The topological polar surface area (TPSA) is 147 Å². The highest BCUT2D eigenvalue weighted by molar-refractivity contribution is 5.73. The highest BCUT2D eigenvalue weighted by Crippen LogP contribution is 2.24. The van der Waals surface area contributed by atoms with Gasteiger partial charge in [0, 0.05) is 42.3 Å². The number of carboxylic acid groups (broad SMARTS) is 1.